The molecule has 7 nitrogen and oxygen atoms in total. The van der Waals surface area contributed by atoms with Gasteiger partial charge in [0.15, 0.2) is 10.1 Å². The van der Waals surface area contributed by atoms with Gasteiger partial charge >= 0.3 is 5.97 Å². The Morgan fingerprint density at radius 3 is 2.38 bits per heavy atom. The average molecular weight is 572 g/mol. The van der Waals surface area contributed by atoms with Gasteiger partial charge in [-0.25, -0.2) is 4.79 Å². The first-order valence-electron chi connectivity index (χ1n) is 13.5. The average Bonchev–Trinajstić information content (AvgIpc) is 3.39. The van der Waals surface area contributed by atoms with Crippen LogP contribution in [0.25, 0.3) is 11.3 Å². The molecular weight excluding hydrogens is 534 g/mol. The first-order valence-corrected chi connectivity index (χ1v) is 14.8. The van der Waals surface area contributed by atoms with Gasteiger partial charge in [-0.3, -0.25) is 0 Å². The van der Waals surface area contributed by atoms with E-state index in [1.807, 2.05) is 29.6 Å². The van der Waals surface area contributed by atoms with E-state index in [2.05, 4.69) is 18.8 Å². The van der Waals surface area contributed by atoms with Gasteiger partial charge in [0.1, 0.15) is 23.0 Å². The topological polar surface area (TPSA) is 79.0 Å². The standard InChI is InChI=1S/C30H37NO6S2/c1-5-8-21-24(13-10-19-11-14-26(29(32)34-4)37-27(19)21)35-16-7-17-36-25-15-12-20(23-18-39-30(38)31-23)28(33-3)22(25)9-6-2/h10,12-13,15,18,26H,5-9,11,14,16-17H2,1-4H3,(H,31,38). The highest BCUT2D eigenvalue weighted by molar-refractivity contribution is 7.73. The number of ether oxygens (including phenoxy) is 5. The van der Waals surface area contributed by atoms with Crippen molar-refractivity contribution in [2.24, 2.45) is 0 Å². The summed E-state index contributed by atoms with van der Waals surface area (Å²) >= 11 is 6.78. The van der Waals surface area contributed by atoms with Crippen molar-refractivity contribution in [1.29, 1.82) is 0 Å². The molecule has 3 aromatic rings. The van der Waals surface area contributed by atoms with Crippen LogP contribution >= 0.6 is 23.6 Å². The number of nitrogens with one attached hydrogen (secondary N) is 1. The van der Waals surface area contributed by atoms with Gasteiger partial charge in [-0.05, 0) is 61.7 Å². The molecule has 0 aliphatic carbocycles. The minimum atomic E-state index is -0.571. The number of H-pyrrole nitrogens is 1. The van der Waals surface area contributed by atoms with Crippen molar-refractivity contribution in [3.63, 3.8) is 0 Å². The Morgan fingerprint density at radius 2 is 1.74 bits per heavy atom. The van der Waals surface area contributed by atoms with Gasteiger partial charge in [-0.1, -0.05) is 32.8 Å². The highest BCUT2D eigenvalue weighted by Crippen LogP contribution is 2.40. The molecule has 1 aromatic heterocycles. The number of thiazole rings is 1. The van der Waals surface area contributed by atoms with Crippen molar-refractivity contribution < 1.29 is 28.5 Å². The van der Waals surface area contributed by atoms with E-state index in [0.717, 1.165) is 87.0 Å². The number of hydrogen-bond acceptors (Lipinski definition) is 8. The number of aryl methyl sites for hydroxylation is 1. The summed E-state index contributed by atoms with van der Waals surface area (Å²) < 4.78 is 30.0. The summed E-state index contributed by atoms with van der Waals surface area (Å²) in [5, 5.41) is 2.02. The quantitative estimate of drug-likeness (QED) is 0.133. The number of carbonyl (C=O) groups excluding carboxylic acids is 1. The van der Waals surface area contributed by atoms with Crippen LogP contribution in [0.3, 0.4) is 0 Å². The molecule has 0 amide bonds. The predicted molar refractivity (Wildman–Crippen MR) is 156 cm³/mol. The molecule has 0 radical (unpaired) electrons. The number of aromatic amines is 1. The summed E-state index contributed by atoms with van der Waals surface area (Å²) in [6.07, 6.45) is 5.10. The molecule has 39 heavy (non-hydrogen) atoms. The van der Waals surface area contributed by atoms with Crippen LogP contribution in [0, 0.1) is 3.95 Å². The van der Waals surface area contributed by atoms with Crippen molar-refractivity contribution in [3.05, 3.63) is 50.3 Å². The lowest BCUT2D eigenvalue weighted by atomic mass is 9.96. The number of esters is 1. The van der Waals surface area contributed by atoms with Gasteiger partial charge < -0.3 is 28.7 Å². The summed E-state index contributed by atoms with van der Waals surface area (Å²) in [6, 6.07) is 8.09. The Morgan fingerprint density at radius 1 is 1.05 bits per heavy atom. The molecule has 9 heteroatoms. The number of fused-ring (bicyclic) bond motifs is 1. The van der Waals surface area contributed by atoms with E-state index in [9.17, 15) is 4.79 Å². The predicted octanol–water partition coefficient (Wildman–Crippen LogP) is 7.10. The SMILES string of the molecule is CCCc1c(OCCCOc2ccc(-c3csc(=S)[nH]3)c(OC)c2CCC)ccc2c1OC(C(=O)OC)CC2. The molecular formula is C30H37NO6S2. The molecule has 4 rings (SSSR count). The largest absolute Gasteiger partial charge is 0.496 e. The molecule has 0 fully saturated rings. The monoisotopic (exact) mass is 571 g/mol. The zero-order valence-electron chi connectivity index (χ0n) is 23.1. The second-order valence-electron chi connectivity index (χ2n) is 9.43. The Hall–Kier alpha value is -3.04. The molecule has 1 aliphatic heterocycles. The maximum Gasteiger partial charge on any atom is 0.347 e. The van der Waals surface area contributed by atoms with E-state index in [1.54, 1.807) is 7.11 Å². The normalized spacial score (nSPS) is 14.3. The van der Waals surface area contributed by atoms with Gasteiger partial charge in [0.2, 0.25) is 0 Å². The molecule has 1 unspecified atom stereocenters. The van der Waals surface area contributed by atoms with E-state index in [1.165, 1.54) is 18.4 Å². The van der Waals surface area contributed by atoms with E-state index in [-0.39, 0.29) is 5.97 Å². The molecule has 0 spiro atoms. The molecule has 1 N–H and O–H groups in total. The van der Waals surface area contributed by atoms with Gasteiger partial charge in [0, 0.05) is 28.5 Å². The van der Waals surface area contributed by atoms with Crippen molar-refractivity contribution in [2.45, 2.75) is 64.9 Å². The van der Waals surface area contributed by atoms with Crippen LogP contribution in [0.4, 0.5) is 0 Å². The fraction of sp³-hybridized carbons (Fsp3) is 0.467. The van der Waals surface area contributed by atoms with Crippen LogP contribution in [0.5, 0.6) is 23.0 Å². The molecule has 2 heterocycles. The minimum Gasteiger partial charge on any atom is -0.496 e. The maximum absolute atomic E-state index is 12.1. The van der Waals surface area contributed by atoms with Crippen LogP contribution in [0.2, 0.25) is 0 Å². The Balaban J connectivity index is 1.42. The van der Waals surface area contributed by atoms with E-state index >= 15 is 0 Å². The number of benzene rings is 2. The summed E-state index contributed by atoms with van der Waals surface area (Å²) in [5.41, 5.74) is 5.12. The lowest BCUT2D eigenvalue weighted by molar-refractivity contribution is -0.149. The number of methoxy groups -OCH3 is 2. The van der Waals surface area contributed by atoms with Gasteiger partial charge in [-0.15, -0.1) is 11.3 Å². The van der Waals surface area contributed by atoms with Crippen LogP contribution in [-0.4, -0.2) is 44.5 Å². The Kier molecular flexibility index (Phi) is 10.3. The molecule has 1 aliphatic rings. The fourth-order valence-electron chi connectivity index (χ4n) is 4.92. The van der Waals surface area contributed by atoms with Crippen molar-refractivity contribution in [3.8, 4) is 34.3 Å². The van der Waals surface area contributed by atoms with E-state index in [0.29, 0.717) is 26.1 Å². The first-order chi connectivity index (χ1) is 19.0. The fourth-order valence-corrected chi connectivity index (χ4v) is 5.76. The van der Waals surface area contributed by atoms with Crippen molar-refractivity contribution in [1.82, 2.24) is 4.98 Å². The zero-order chi connectivity index (χ0) is 27.8. The molecule has 2 aromatic carbocycles. The smallest absolute Gasteiger partial charge is 0.347 e. The highest BCUT2D eigenvalue weighted by atomic mass is 32.1. The lowest BCUT2D eigenvalue weighted by Crippen LogP contribution is -2.32. The van der Waals surface area contributed by atoms with Crippen LogP contribution in [-0.2, 0) is 28.8 Å². The maximum atomic E-state index is 12.1. The molecule has 0 bridgehead atoms. The van der Waals surface area contributed by atoms with Gasteiger partial charge in [0.25, 0.3) is 0 Å². The summed E-state index contributed by atoms with van der Waals surface area (Å²) in [5.74, 6) is 2.88. The number of hydrogen-bond donors (Lipinski definition) is 1. The Labute approximate surface area is 239 Å². The van der Waals surface area contributed by atoms with Gasteiger partial charge in [-0.2, -0.15) is 0 Å². The minimum absolute atomic E-state index is 0.336. The number of aromatic nitrogens is 1. The summed E-state index contributed by atoms with van der Waals surface area (Å²) in [7, 11) is 3.09. The number of carbonyl (C=O) groups is 1. The third-order valence-electron chi connectivity index (χ3n) is 6.74. The second kappa shape index (κ2) is 13.8. The highest BCUT2D eigenvalue weighted by Gasteiger charge is 2.29. The summed E-state index contributed by atoms with van der Waals surface area (Å²) in [4.78, 5) is 15.3. The zero-order valence-corrected chi connectivity index (χ0v) is 24.7. The van der Waals surface area contributed by atoms with Gasteiger partial charge in [0.05, 0.1) is 33.1 Å². The third kappa shape index (κ3) is 6.76. The summed E-state index contributed by atoms with van der Waals surface area (Å²) in [6.45, 7) is 5.28. The van der Waals surface area contributed by atoms with Crippen molar-refractivity contribution in [2.75, 3.05) is 27.4 Å². The second-order valence-corrected chi connectivity index (χ2v) is 11.0. The third-order valence-corrected chi connectivity index (χ3v) is 7.80. The lowest BCUT2D eigenvalue weighted by Gasteiger charge is -2.27. The van der Waals surface area contributed by atoms with Crippen LogP contribution in [0.15, 0.2) is 29.6 Å². The van der Waals surface area contributed by atoms with E-state index < -0.39 is 6.10 Å². The number of rotatable bonds is 13. The van der Waals surface area contributed by atoms with Crippen LogP contribution in [0.1, 0.15) is 56.2 Å². The first kappa shape index (κ1) is 29.0. The van der Waals surface area contributed by atoms with Crippen molar-refractivity contribution >= 4 is 29.5 Å². The molecule has 1 atom stereocenters. The van der Waals surface area contributed by atoms with Crippen LogP contribution < -0.4 is 18.9 Å². The molecule has 210 valence electrons. The van der Waals surface area contributed by atoms with E-state index in [4.69, 9.17) is 35.9 Å². The molecule has 0 saturated heterocycles. The Bertz CT molecular complexity index is 1330. The molecule has 0 saturated carbocycles.